The van der Waals surface area contributed by atoms with Gasteiger partial charge in [-0.25, -0.2) is 0 Å². The van der Waals surface area contributed by atoms with Crippen LogP contribution in [-0.4, -0.2) is 14.4 Å². The van der Waals surface area contributed by atoms with Gasteiger partial charge in [0.25, 0.3) is 0 Å². The average molecular weight is 267 g/mol. The van der Waals surface area contributed by atoms with Crippen LogP contribution < -0.4 is 0 Å². The summed E-state index contributed by atoms with van der Waals surface area (Å²) in [5.74, 6) is 0. The fourth-order valence-corrected chi connectivity index (χ4v) is 1.74. The second kappa shape index (κ2) is 2.87. The Bertz CT molecular complexity index is 440. The molecule has 0 bridgehead atoms. The smallest absolute Gasteiger partial charge is 0.227 e. The molecular weight excluding hydrogens is 265 g/mol. The van der Waals surface area contributed by atoms with Gasteiger partial charge in [-0.3, -0.25) is 4.40 Å². The second-order valence-electron chi connectivity index (χ2n) is 2.15. The molecule has 2 aromatic heterocycles. The first-order chi connectivity index (χ1) is 5.66. The van der Waals surface area contributed by atoms with E-state index in [0.717, 1.165) is 4.47 Å². The highest BCUT2D eigenvalue weighted by molar-refractivity contribution is 9.10. The van der Waals surface area contributed by atoms with Gasteiger partial charge in [-0.15, -0.1) is 0 Å². The van der Waals surface area contributed by atoms with Crippen LogP contribution in [0, 0.1) is 0 Å². The van der Waals surface area contributed by atoms with E-state index in [1.807, 2.05) is 0 Å². The molecule has 2 rings (SSSR count). The van der Waals surface area contributed by atoms with Crippen molar-refractivity contribution in [3.05, 3.63) is 27.3 Å². The van der Waals surface area contributed by atoms with Crippen LogP contribution in [0.5, 0.6) is 0 Å². The fraction of sp³-hybridized carbons (Fsp3) is 0. The topological polar surface area (TPSA) is 30.2 Å². The summed E-state index contributed by atoms with van der Waals surface area (Å²) in [4.78, 5) is 7.74. The van der Waals surface area contributed by atoms with E-state index in [1.54, 1.807) is 16.7 Å². The summed E-state index contributed by atoms with van der Waals surface area (Å²) in [5, 5.41) is 0.453. The van der Waals surface area contributed by atoms with Crippen LogP contribution in [0.1, 0.15) is 0 Å². The normalized spacial score (nSPS) is 10.9. The highest BCUT2D eigenvalue weighted by Crippen LogP contribution is 2.18. The van der Waals surface area contributed by atoms with Gasteiger partial charge >= 0.3 is 0 Å². The molecule has 12 heavy (non-hydrogen) atoms. The molecule has 0 unspecified atom stereocenters. The monoisotopic (exact) mass is 265 g/mol. The Kier molecular flexibility index (Phi) is 1.98. The molecule has 0 aliphatic rings. The Balaban J connectivity index is 2.88. The van der Waals surface area contributed by atoms with Gasteiger partial charge in [0.2, 0.25) is 10.6 Å². The summed E-state index contributed by atoms with van der Waals surface area (Å²) < 4.78 is 2.53. The zero-order chi connectivity index (χ0) is 8.72. The predicted octanol–water partition coefficient (Wildman–Crippen LogP) is 2.80. The third kappa shape index (κ3) is 1.30. The van der Waals surface area contributed by atoms with Crippen LogP contribution in [0.2, 0.25) is 10.6 Å². The van der Waals surface area contributed by atoms with Crippen molar-refractivity contribution in [3.63, 3.8) is 0 Å². The molecule has 0 spiro atoms. The molecule has 0 aromatic carbocycles. The lowest BCUT2D eigenvalue weighted by molar-refractivity contribution is 1.03. The van der Waals surface area contributed by atoms with Gasteiger partial charge in [0.15, 0.2) is 0 Å². The molecule has 0 radical (unpaired) electrons. The van der Waals surface area contributed by atoms with Crippen molar-refractivity contribution in [2.75, 3.05) is 0 Å². The van der Waals surface area contributed by atoms with Crippen molar-refractivity contribution >= 4 is 44.8 Å². The number of halogens is 3. The first kappa shape index (κ1) is 8.29. The van der Waals surface area contributed by atoms with Crippen molar-refractivity contribution in [1.82, 2.24) is 14.4 Å². The third-order valence-electron chi connectivity index (χ3n) is 1.36. The number of hydrogen-bond donors (Lipinski definition) is 0. The fourth-order valence-electron chi connectivity index (χ4n) is 0.903. The van der Waals surface area contributed by atoms with Crippen LogP contribution in [0.25, 0.3) is 5.65 Å². The third-order valence-corrected chi connectivity index (χ3v) is 2.23. The standard InChI is InChI=1S/C6H2BrCl2N3/c7-3-1-4-10-5(8)11-6(9)12(4)2-3/h1-2H. The Morgan fingerprint density at radius 1 is 1.33 bits per heavy atom. The molecule has 0 fully saturated rings. The zero-order valence-corrected chi connectivity index (χ0v) is 8.73. The van der Waals surface area contributed by atoms with Crippen molar-refractivity contribution < 1.29 is 0 Å². The molecule has 6 heteroatoms. The Labute approximate surface area is 86.5 Å². The Morgan fingerprint density at radius 2 is 2.08 bits per heavy atom. The lowest BCUT2D eigenvalue weighted by atomic mass is 10.6. The van der Waals surface area contributed by atoms with Gasteiger partial charge in [0, 0.05) is 10.7 Å². The Morgan fingerprint density at radius 3 is 2.83 bits per heavy atom. The summed E-state index contributed by atoms with van der Waals surface area (Å²) in [6.45, 7) is 0. The van der Waals surface area contributed by atoms with E-state index >= 15 is 0 Å². The molecule has 62 valence electrons. The minimum atomic E-state index is 0.151. The number of fused-ring (bicyclic) bond motifs is 1. The van der Waals surface area contributed by atoms with E-state index < -0.39 is 0 Å². The first-order valence-electron chi connectivity index (χ1n) is 3.03. The van der Waals surface area contributed by atoms with Gasteiger partial charge in [-0.05, 0) is 45.2 Å². The van der Waals surface area contributed by atoms with Crippen LogP contribution >= 0.6 is 39.1 Å². The van der Waals surface area contributed by atoms with Crippen LogP contribution in [-0.2, 0) is 0 Å². The summed E-state index contributed by atoms with van der Waals surface area (Å²) >= 11 is 14.7. The quantitative estimate of drug-likeness (QED) is 0.734. The number of hydrogen-bond acceptors (Lipinski definition) is 2. The van der Waals surface area contributed by atoms with Crippen LogP contribution in [0.3, 0.4) is 0 Å². The summed E-state index contributed by atoms with van der Waals surface area (Å²) in [6, 6.07) is 1.80. The van der Waals surface area contributed by atoms with Crippen molar-refractivity contribution in [2.24, 2.45) is 0 Å². The molecule has 0 amide bonds. The first-order valence-corrected chi connectivity index (χ1v) is 4.58. The predicted molar refractivity (Wildman–Crippen MR) is 50.7 cm³/mol. The number of nitrogens with zero attached hydrogens (tertiary/aromatic N) is 3. The van der Waals surface area contributed by atoms with E-state index in [9.17, 15) is 0 Å². The molecule has 3 nitrogen and oxygen atoms in total. The van der Waals surface area contributed by atoms with Crippen LogP contribution in [0.15, 0.2) is 16.7 Å². The van der Waals surface area contributed by atoms with E-state index in [-0.39, 0.29) is 5.28 Å². The maximum atomic E-state index is 5.78. The van der Waals surface area contributed by atoms with Gasteiger partial charge in [-0.1, -0.05) is 0 Å². The highest BCUT2D eigenvalue weighted by atomic mass is 79.9. The van der Waals surface area contributed by atoms with Crippen LogP contribution in [0.4, 0.5) is 0 Å². The summed E-state index contributed by atoms with van der Waals surface area (Å²) in [7, 11) is 0. The maximum Gasteiger partial charge on any atom is 0.227 e. The zero-order valence-electron chi connectivity index (χ0n) is 5.63. The number of aromatic nitrogens is 3. The van der Waals surface area contributed by atoms with E-state index in [0.29, 0.717) is 10.9 Å². The average Bonchev–Trinajstić information content (AvgIpc) is 2.29. The van der Waals surface area contributed by atoms with Gasteiger partial charge < -0.3 is 0 Å². The number of rotatable bonds is 0. The van der Waals surface area contributed by atoms with E-state index in [2.05, 4.69) is 25.9 Å². The van der Waals surface area contributed by atoms with E-state index in [1.165, 1.54) is 0 Å². The van der Waals surface area contributed by atoms with Crippen molar-refractivity contribution in [3.8, 4) is 0 Å². The highest BCUT2D eigenvalue weighted by Gasteiger charge is 2.04. The van der Waals surface area contributed by atoms with Gasteiger partial charge in [0.05, 0.1) is 0 Å². The molecule has 0 aliphatic heterocycles. The molecule has 0 saturated heterocycles. The molecule has 2 heterocycles. The summed E-state index contributed by atoms with van der Waals surface area (Å²) in [5.41, 5.74) is 0.673. The van der Waals surface area contributed by atoms with Gasteiger partial charge in [-0.2, -0.15) is 9.97 Å². The maximum absolute atomic E-state index is 5.78. The molecule has 0 aliphatic carbocycles. The summed E-state index contributed by atoms with van der Waals surface area (Å²) in [6.07, 6.45) is 1.77. The van der Waals surface area contributed by atoms with E-state index in [4.69, 9.17) is 23.2 Å². The molecule has 0 atom stereocenters. The molecule has 2 aromatic rings. The molecule has 0 saturated carbocycles. The Hall–Kier alpha value is -0.320. The van der Waals surface area contributed by atoms with Crippen molar-refractivity contribution in [2.45, 2.75) is 0 Å². The van der Waals surface area contributed by atoms with Crippen molar-refractivity contribution in [1.29, 1.82) is 0 Å². The lowest BCUT2D eigenvalue weighted by Gasteiger charge is -1.95. The molecular formula is C6H2BrCl2N3. The minimum Gasteiger partial charge on any atom is -0.275 e. The second-order valence-corrected chi connectivity index (χ2v) is 3.74. The van der Waals surface area contributed by atoms with Gasteiger partial charge in [0.1, 0.15) is 5.65 Å². The minimum absolute atomic E-state index is 0.151. The SMILES string of the molecule is Clc1nc(Cl)n2cc(Br)cc2n1. The lowest BCUT2D eigenvalue weighted by Crippen LogP contribution is -1.92. The molecule has 0 N–H and O–H groups in total. The largest absolute Gasteiger partial charge is 0.275 e.